The van der Waals surface area contributed by atoms with Gasteiger partial charge in [-0.1, -0.05) is 26.0 Å². The van der Waals surface area contributed by atoms with Gasteiger partial charge in [0.2, 0.25) is 0 Å². The highest BCUT2D eigenvalue weighted by Gasteiger charge is 2.29. The quantitative estimate of drug-likeness (QED) is 0.429. The first-order valence-electron chi connectivity index (χ1n) is 12.9. The molecule has 1 aromatic heterocycles. The minimum absolute atomic E-state index is 0.0308. The number of carbonyl (C=O) groups is 1. The second kappa shape index (κ2) is 10.2. The highest BCUT2D eigenvalue weighted by atomic mass is 16.3. The molecule has 1 aliphatic carbocycles. The van der Waals surface area contributed by atoms with Crippen LogP contribution >= 0.6 is 0 Å². The zero-order valence-electron chi connectivity index (χ0n) is 21.6. The molecule has 1 saturated carbocycles. The molecule has 0 spiro atoms. The van der Waals surface area contributed by atoms with Gasteiger partial charge in [-0.05, 0) is 55.0 Å². The summed E-state index contributed by atoms with van der Waals surface area (Å²) in [7, 11) is 0. The number of phenols is 2. The van der Waals surface area contributed by atoms with Crippen molar-refractivity contribution in [3.05, 3.63) is 59.4 Å². The van der Waals surface area contributed by atoms with E-state index in [1.54, 1.807) is 10.6 Å². The van der Waals surface area contributed by atoms with Crippen molar-refractivity contribution in [1.29, 1.82) is 0 Å². The summed E-state index contributed by atoms with van der Waals surface area (Å²) in [6, 6.07) is 11.7. The van der Waals surface area contributed by atoms with Gasteiger partial charge in [-0.25, -0.2) is 4.98 Å². The van der Waals surface area contributed by atoms with E-state index in [0.29, 0.717) is 41.8 Å². The molecule has 2 heterocycles. The van der Waals surface area contributed by atoms with Crippen LogP contribution in [0.1, 0.15) is 61.1 Å². The fourth-order valence-corrected chi connectivity index (χ4v) is 4.70. The monoisotopic (exact) mass is 502 g/mol. The molecule has 0 saturated heterocycles. The molecule has 9 nitrogen and oxygen atoms in total. The van der Waals surface area contributed by atoms with Crippen molar-refractivity contribution in [1.82, 2.24) is 24.8 Å². The first-order valence-corrected chi connectivity index (χ1v) is 12.9. The Morgan fingerprint density at radius 3 is 2.49 bits per heavy atom. The van der Waals surface area contributed by atoms with Crippen LogP contribution in [-0.2, 0) is 6.54 Å². The highest BCUT2D eigenvalue weighted by molar-refractivity contribution is 5.94. The molecular formula is C28H34N6O3. The topological polar surface area (TPSA) is 106 Å². The lowest BCUT2D eigenvalue weighted by molar-refractivity contribution is 0.0949. The third-order valence-corrected chi connectivity index (χ3v) is 6.89. The van der Waals surface area contributed by atoms with Gasteiger partial charge in [0.25, 0.3) is 5.91 Å². The molecule has 1 aliphatic heterocycles. The SMILES string of the molecule is CCNC(=O)c1cnc(-c2cc(C(C)C)c(O)cc2O)n1-c1ccc(CN2CCN(C3CC3)C=N2)cc1. The Morgan fingerprint density at radius 2 is 1.86 bits per heavy atom. The summed E-state index contributed by atoms with van der Waals surface area (Å²) in [6.45, 7) is 8.87. The molecule has 2 aliphatic rings. The van der Waals surface area contributed by atoms with Gasteiger partial charge in [0.05, 0.1) is 24.8 Å². The smallest absolute Gasteiger partial charge is 0.269 e. The van der Waals surface area contributed by atoms with E-state index in [2.05, 4.69) is 25.3 Å². The number of carbonyl (C=O) groups excluding carboxylic acids is 1. The van der Waals surface area contributed by atoms with Crippen molar-refractivity contribution < 1.29 is 15.0 Å². The predicted molar refractivity (Wildman–Crippen MR) is 143 cm³/mol. The van der Waals surface area contributed by atoms with Crippen LogP contribution in [0.3, 0.4) is 0 Å². The third kappa shape index (κ3) is 5.12. The largest absolute Gasteiger partial charge is 0.508 e. The van der Waals surface area contributed by atoms with Crippen molar-refractivity contribution in [2.75, 3.05) is 19.6 Å². The van der Waals surface area contributed by atoms with Crippen molar-refractivity contribution in [3.8, 4) is 28.6 Å². The molecule has 0 unspecified atom stereocenters. The number of hydrogen-bond donors (Lipinski definition) is 3. The maximum atomic E-state index is 12.9. The van der Waals surface area contributed by atoms with E-state index >= 15 is 0 Å². The average Bonchev–Trinajstić information content (AvgIpc) is 3.63. The van der Waals surface area contributed by atoms with Crippen molar-refractivity contribution in [3.63, 3.8) is 0 Å². The summed E-state index contributed by atoms with van der Waals surface area (Å²) in [5, 5.41) is 30.6. The van der Waals surface area contributed by atoms with Crippen LogP contribution in [0, 0.1) is 0 Å². The zero-order chi connectivity index (χ0) is 26.1. The summed E-state index contributed by atoms with van der Waals surface area (Å²) in [6.07, 6.45) is 6.01. The molecule has 0 radical (unpaired) electrons. The number of benzene rings is 2. The normalized spacial score (nSPS) is 15.5. The van der Waals surface area contributed by atoms with Gasteiger partial charge in [-0.2, -0.15) is 5.10 Å². The first kappa shape index (κ1) is 24.7. The lowest BCUT2D eigenvalue weighted by atomic mass is 9.98. The summed E-state index contributed by atoms with van der Waals surface area (Å²) in [5.41, 5.74) is 3.36. The Labute approximate surface area is 217 Å². The van der Waals surface area contributed by atoms with Crippen LogP contribution in [0.15, 0.2) is 47.7 Å². The number of phenolic OH excluding ortho intramolecular Hbond substituents is 2. The maximum absolute atomic E-state index is 12.9. The number of hydrazone groups is 1. The van der Waals surface area contributed by atoms with Gasteiger partial charge in [-0.3, -0.25) is 14.4 Å². The van der Waals surface area contributed by atoms with Crippen LogP contribution in [0.4, 0.5) is 0 Å². The number of imidazole rings is 1. The molecule has 0 bridgehead atoms. The molecule has 1 fully saturated rings. The van der Waals surface area contributed by atoms with Gasteiger partial charge >= 0.3 is 0 Å². The second-order valence-corrected chi connectivity index (χ2v) is 10.00. The molecular weight excluding hydrogens is 468 g/mol. The molecule has 2 aromatic carbocycles. The summed E-state index contributed by atoms with van der Waals surface area (Å²) in [5.74, 6) is 0.141. The maximum Gasteiger partial charge on any atom is 0.269 e. The van der Waals surface area contributed by atoms with E-state index in [1.165, 1.54) is 25.1 Å². The predicted octanol–water partition coefficient (Wildman–Crippen LogP) is 4.05. The van der Waals surface area contributed by atoms with Crippen LogP contribution in [-0.4, -0.2) is 67.6 Å². The number of amides is 1. The lowest BCUT2D eigenvalue weighted by Gasteiger charge is -2.30. The molecule has 37 heavy (non-hydrogen) atoms. The van der Waals surface area contributed by atoms with Crippen molar-refractivity contribution in [2.45, 2.75) is 52.1 Å². The van der Waals surface area contributed by atoms with Gasteiger partial charge in [0.15, 0.2) is 0 Å². The molecule has 9 heteroatoms. The molecule has 5 rings (SSSR count). The lowest BCUT2D eigenvalue weighted by Crippen LogP contribution is -2.38. The van der Waals surface area contributed by atoms with Gasteiger partial charge < -0.3 is 20.4 Å². The van der Waals surface area contributed by atoms with Gasteiger partial charge in [0.1, 0.15) is 29.4 Å². The number of hydrogen-bond acceptors (Lipinski definition) is 7. The van der Waals surface area contributed by atoms with E-state index in [-0.39, 0.29) is 23.3 Å². The third-order valence-electron chi connectivity index (χ3n) is 6.89. The number of aromatic nitrogens is 2. The van der Waals surface area contributed by atoms with Crippen LogP contribution < -0.4 is 5.32 Å². The minimum atomic E-state index is -0.254. The molecule has 194 valence electrons. The Hall–Kier alpha value is -4.01. The van der Waals surface area contributed by atoms with Crippen molar-refractivity contribution >= 4 is 12.2 Å². The first-order chi connectivity index (χ1) is 17.9. The zero-order valence-corrected chi connectivity index (χ0v) is 21.6. The summed E-state index contributed by atoms with van der Waals surface area (Å²) < 4.78 is 1.75. The van der Waals surface area contributed by atoms with Gasteiger partial charge in [-0.15, -0.1) is 0 Å². The average molecular weight is 503 g/mol. The van der Waals surface area contributed by atoms with E-state index in [1.807, 2.05) is 51.4 Å². The Balaban J connectivity index is 1.47. The number of rotatable bonds is 8. The minimum Gasteiger partial charge on any atom is -0.508 e. The Morgan fingerprint density at radius 1 is 1.11 bits per heavy atom. The Kier molecular flexibility index (Phi) is 6.78. The number of aromatic hydroxyl groups is 2. The van der Waals surface area contributed by atoms with Crippen LogP contribution in [0.2, 0.25) is 0 Å². The van der Waals surface area contributed by atoms with Crippen molar-refractivity contribution in [2.24, 2.45) is 5.10 Å². The van der Waals surface area contributed by atoms with E-state index < -0.39 is 0 Å². The van der Waals surface area contributed by atoms with Crippen LogP contribution in [0.25, 0.3) is 17.1 Å². The molecule has 1 amide bonds. The molecule has 0 atom stereocenters. The second-order valence-electron chi connectivity index (χ2n) is 10.00. The Bertz CT molecular complexity index is 1310. The molecule has 3 aromatic rings. The van der Waals surface area contributed by atoms with E-state index in [0.717, 1.165) is 24.3 Å². The van der Waals surface area contributed by atoms with Gasteiger partial charge in [0, 0.05) is 30.9 Å². The van der Waals surface area contributed by atoms with Crippen LogP contribution in [0.5, 0.6) is 11.5 Å². The van der Waals surface area contributed by atoms with E-state index in [4.69, 9.17) is 0 Å². The molecule has 3 N–H and O–H groups in total. The standard InChI is InChI=1S/C28H34N6O3/c1-4-29-28(37)24-15-30-27(23-13-22(18(2)3)25(35)14-26(23)36)34(24)21-7-5-19(6-8-21)16-33-12-11-32(17-31-33)20-9-10-20/h5-8,13-15,17-18,20,35-36H,4,9-12,16H2,1-3H3,(H,29,37). The highest BCUT2D eigenvalue weighted by Crippen LogP contribution is 2.38. The fourth-order valence-electron chi connectivity index (χ4n) is 4.70. The summed E-state index contributed by atoms with van der Waals surface area (Å²) >= 11 is 0. The fraction of sp³-hybridized carbons (Fsp3) is 0.393. The number of nitrogens with zero attached hydrogens (tertiary/aromatic N) is 5. The van der Waals surface area contributed by atoms with E-state index in [9.17, 15) is 15.0 Å². The number of nitrogens with one attached hydrogen (secondary N) is 1. The summed E-state index contributed by atoms with van der Waals surface area (Å²) in [4.78, 5) is 19.8.